The number of nitrogens with two attached hydrogens (primary N) is 1. The van der Waals surface area contributed by atoms with E-state index < -0.39 is 6.04 Å². The van der Waals surface area contributed by atoms with Gasteiger partial charge in [0.25, 0.3) is 0 Å². The molecule has 1 aromatic heterocycles. The number of aryl methyl sites for hydroxylation is 3. The fourth-order valence-electron chi connectivity index (χ4n) is 2.32. The van der Waals surface area contributed by atoms with E-state index in [0.29, 0.717) is 22.6 Å². The van der Waals surface area contributed by atoms with Crippen molar-refractivity contribution in [3.63, 3.8) is 0 Å². The molecule has 0 aliphatic carbocycles. The number of aromatic nitrogens is 2. The molecule has 1 unspecified atom stereocenters. The SMILES string of the molecule is CCc1nn(C)c(CC(N)c2cccc(C)c2F)c1Cl. The first kappa shape index (κ1) is 15.0. The fraction of sp³-hybridized carbons (Fsp3) is 0.400. The lowest BCUT2D eigenvalue weighted by Crippen LogP contribution is -2.17. The molecule has 0 saturated heterocycles. The molecule has 0 bridgehead atoms. The predicted molar refractivity (Wildman–Crippen MR) is 79.4 cm³/mol. The van der Waals surface area contributed by atoms with Gasteiger partial charge in [-0.15, -0.1) is 0 Å². The third kappa shape index (κ3) is 2.72. The Balaban J connectivity index is 2.30. The molecule has 108 valence electrons. The maximum atomic E-state index is 14.1. The summed E-state index contributed by atoms with van der Waals surface area (Å²) in [5.41, 5.74) is 8.95. The molecule has 5 heteroatoms. The van der Waals surface area contributed by atoms with Crippen LogP contribution in [0, 0.1) is 12.7 Å². The summed E-state index contributed by atoms with van der Waals surface area (Å²) in [7, 11) is 1.83. The summed E-state index contributed by atoms with van der Waals surface area (Å²) in [4.78, 5) is 0. The summed E-state index contributed by atoms with van der Waals surface area (Å²) in [6.07, 6.45) is 1.23. The molecule has 0 radical (unpaired) electrons. The molecule has 20 heavy (non-hydrogen) atoms. The van der Waals surface area contributed by atoms with Gasteiger partial charge in [0.05, 0.1) is 16.4 Å². The highest BCUT2D eigenvalue weighted by Crippen LogP contribution is 2.27. The van der Waals surface area contributed by atoms with Crippen molar-refractivity contribution in [2.24, 2.45) is 12.8 Å². The first-order chi connectivity index (χ1) is 9.45. The van der Waals surface area contributed by atoms with Crippen LogP contribution >= 0.6 is 11.6 Å². The number of halogens is 2. The summed E-state index contributed by atoms with van der Waals surface area (Å²) in [6, 6.07) is 4.83. The van der Waals surface area contributed by atoms with Crippen molar-refractivity contribution in [2.75, 3.05) is 0 Å². The van der Waals surface area contributed by atoms with E-state index in [1.807, 2.05) is 20.0 Å². The topological polar surface area (TPSA) is 43.8 Å². The molecule has 0 fully saturated rings. The molecule has 0 saturated carbocycles. The van der Waals surface area contributed by atoms with Crippen LogP contribution in [0.5, 0.6) is 0 Å². The quantitative estimate of drug-likeness (QED) is 0.940. The minimum Gasteiger partial charge on any atom is -0.324 e. The zero-order chi connectivity index (χ0) is 14.9. The van der Waals surface area contributed by atoms with Gasteiger partial charge in [-0.2, -0.15) is 5.10 Å². The number of benzene rings is 1. The molecular formula is C15H19ClFN3. The van der Waals surface area contributed by atoms with Crippen molar-refractivity contribution >= 4 is 11.6 Å². The third-order valence-electron chi connectivity index (χ3n) is 3.54. The second-order valence-corrected chi connectivity index (χ2v) is 5.35. The van der Waals surface area contributed by atoms with E-state index in [-0.39, 0.29) is 5.82 Å². The molecule has 2 rings (SSSR count). The van der Waals surface area contributed by atoms with Gasteiger partial charge in [0.2, 0.25) is 0 Å². The summed E-state index contributed by atoms with van der Waals surface area (Å²) in [6.45, 7) is 3.73. The fourth-order valence-corrected chi connectivity index (χ4v) is 2.69. The van der Waals surface area contributed by atoms with E-state index in [4.69, 9.17) is 17.3 Å². The smallest absolute Gasteiger partial charge is 0.130 e. The van der Waals surface area contributed by atoms with E-state index in [1.165, 1.54) is 0 Å². The van der Waals surface area contributed by atoms with Crippen LogP contribution in [0.15, 0.2) is 18.2 Å². The molecule has 0 spiro atoms. The number of hydrogen-bond acceptors (Lipinski definition) is 2. The zero-order valence-electron chi connectivity index (χ0n) is 12.0. The molecule has 1 heterocycles. The van der Waals surface area contributed by atoms with Gasteiger partial charge in [-0.05, 0) is 18.9 Å². The van der Waals surface area contributed by atoms with Crippen molar-refractivity contribution in [1.29, 1.82) is 0 Å². The Morgan fingerprint density at radius 1 is 1.45 bits per heavy atom. The lowest BCUT2D eigenvalue weighted by molar-refractivity contribution is 0.562. The largest absolute Gasteiger partial charge is 0.324 e. The van der Waals surface area contributed by atoms with E-state index >= 15 is 0 Å². The van der Waals surface area contributed by atoms with Gasteiger partial charge in [0, 0.05) is 25.1 Å². The van der Waals surface area contributed by atoms with Crippen LogP contribution < -0.4 is 5.73 Å². The van der Waals surface area contributed by atoms with Gasteiger partial charge in [0.15, 0.2) is 0 Å². The Kier molecular flexibility index (Phi) is 4.45. The Hall–Kier alpha value is -1.39. The van der Waals surface area contributed by atoms with Crippen molar-refractivity contribution in [2.45, 2.75) is 32.7 Å². The Bertz CT molecular complexity index is 622. The number of rotatable bonds is 4. The molecule has 0 aliphatic heterocycles. The minimum absolute atomic E-state index is 0.242. The monoisotopic (exact) mass is 295 g/mol. The Morgan fingerprint density at radius 2 is 2.15 bits per heavy atom. The van der Waals surface area contributed by atoms with Crippen LogP contribution in [0.3, 0.4) is 0 Å². The lowest BCUT2D eigenvalue weighted by atomic mass is 10.00. The number of nitrogens with zero attached hydrogens (tertiary/aromatic N) is 2. The highest BCUT2D eigenvalue weighted by atomic mass is 35.5. The molecule has 3 nitrogen and oxygen atoms in total. The Morgan fingerprint density at radius 3 is 2.75 bits per heavy atom. The van der Waals surface area contributed by atoms with Crippen LogP contribution in [-0.2, 0) is 19.9 Å². The molecule has 2 N–H and O–H groups in total. The highest BCUT2D eigenvalue weighted by molar-refractivity contribution is 6.31. The molecule has 0 amide bonds. The minimum atomic E-state index is -0.437. The Labute approximate surface area is 123 Å². The first-order valence-electron chi connectivity index (χ1n) is 6.66. The summed E-state index contributed by atoms with van der Waals surface area (Å²) in [5, 5.41) is 4.99. The van der Waals surface area contributed by atoms with E-state index in [0.717, 1.165) is 17.8 Å². The van der Waals surface area contributed by atoms with Crippen molar-refractivity contribution in [3.8, 4) is 0 Å². The van der Waals surface area contributed by atoms with Crippen LogP contribution in [0.1, 0.15) is 35.5 Å². The van der Waals surface area contributed by atoms with Crippen LogP contribution in [0.25, 0.3) is 0 Å². The second kappa shape index (κ2) is 5.94. The maximum Gasteiger partial charge on any atom is 0.130 e. The van der Waals surface area contributed by atoms with Crippen LogP contribution in [0.4, 0.5) is 4.39 Å². The van der Waals surface area contributed by atoms with Crippen LogP contribution in [-0.4, -0.2) is 9.78 Å². The van der Waals surface area contributed by atoms with Gasteiger partial charge < -0.3 is 5.73 Å². The maximum absolute atomic E-state index is 14.1. The average Bonchev–Trinajstić information content (AvgIpc) is 2.69. The highest BCUT2D eigenvalue weighted by Gasteiger charge is 2.19. The van der Waals surface area contributed by atoms with Crippen molar-refractivity contribution in [3.05, 3.63) is 51.6 Å². The molecule has 1 atom stereocenters. The second-order valence-electron chi connectivity index (χ2n) is 4.97. The lowest BCUT2D eigenvalue weighted by Gasteiger charge is -2.14. The van der Waals surface area contributed by atoms with Gasteiger partial charge in [-0.3, -0.25) is 4.68 Å². The average molecular weight is 296 g/mol. The molecule has 0 aliphatic rings. The number of hydrogen-bond donors (Lipinski definition) is 1. The third-order valence-corrected chi connectivity index (χ3v) is 3.97. The van der Waals surface area contributed by atoms with Gasteiger partial charge >= 0.3 is 0 Å². The van der Waals surface area contributed by atoms with Gasteiger partial charge in [-0.1, -0.05) is 36.7 Å². The standard InChI is InChI=1S/C15H19ClFN3/c1-4-12-14(16)13(20(3)19-12)8-11(18)10-7-5-6-9(2)15(10)17/h5-7,11H,4,8,18H2,1-3H3. The van der Waals surface area contributed by atoms with Crippen LogP contribution in [0.2, 0.25) is 5.02 Å². The van der Waals surface area contributed by atoms with E-state index in [9.17, 15) is 4.39 Å². The summed E-state index contributed by atoms with van der Waals surface area (Å²) >= 11 is 6.30. The van der Waals surface area contributed by atoms with Gasteiger partial charge in [0.1, 0.15) is 5.82 Å². The molecule has 1 aromatic carbocycles. The molecule has 2 aromatic rings. The van der Waals surface area contributed by atoms with Gasteiger partial charge in [-0.25, -0.2) is 4.39 Å². The summed E-state index contributed by atoms with van der Waals surface area (Å²) < 4.78 is 15.8. The van der Waals surface area contributed by atoms with E-state index in [1.54, 1.807) is 23.7 Å². The van der Waals surface area contributed by atoms with Crippen molar-refractivity contribution in [1.82, 2.24) is 9.78 Å². The first-order valence-corrected chi connectivity index (χ1v) is 7.04. The molecular weight excluding hydrogens is 277 g/mol. The van der Waals surface area contributed by atoms with E-state index in [2.05, 4.69) is 5.10 Å². The predicted octanol–water partition coefficient (Wildman–Crippen LogP) is 3.33. The summed E-state index contributed by atoms with van der Waals surface area (Å²) in [5.74, 6) is -0.242. The van der Waals surface area contributed by atoms with Crippen molar-refractivity contribution < 1.29 is 4.39 Å². The zero-order valence-corrected chi connectivity index (χ0v) is 12.7. The normalized spacial score (nSPS) is 12.7.